The number of aliphatic hydroxyl groups excluding tert-OH is 1. The zero-order chi connectivity index (χ0) is 8.43. The van der Waals surface area contributed by atoms with E-state index in [4.69, 9.17) is 21.8 Å². The predicted molar refractivity (Wildman–Crippen MR) is 41.9 cm³/mol. The Labute approximate surface area is 71.9 Å². The average molecular weight is 193 g/mol. The van der Waals surface area contributed by atoms with Gasteiger partial charge in [0.25, 0.3) is 0 Å². The first-order valence-corrected chi connectivity index (χ1v) is 4.02. The summed E-state index contributed by atoms with van der Waals surface area (Å²) in [6, 6.07) is 1.44. The molecule has 11 heavy (non-hydrogen) atoms. The van der Waals surface area contributed by atoms with Crippen LogP contribution >= 0.6 is 22.9 Å². The van der Waals surface area contributed by atoms with Crippen LogP contribution < -0.4 is 0 Å². The fourth-order valence-electron chi connectivity index (χ4n) is 0.593. The standard InChI is InChI=1S/C6H5ClO3S/c7-3-1-4(11-2-3)5(8)6(9)10/h1-2,5,8H,(H,9,10). The highest BCUT2D eigenvalue weighted by Gasteiger charge is 2.17. The number of hydrogen-bond donors (Lipinski definition) is 2. The highest BCUT2D eigenvalue weighted by Crippen LogP contribution is 2.24. The molecule has 0 saturated heterocycles. The van der Waals surface area contributed by atoms with Crippen LogP contribution in [0.1, 0.15) is 11.0 Å². The number of carboxylic acids is 1. The van der Waals surface area contributed by atoms with Crippen LogP contribution in [0.3, 0.4) is 0 Å². The Bertz CT molecular complexity index is 271. The van der Waals surface area contributed by atoms with Gasteiger partial charge in [0, 0.05) is 10.3 Å². The molecule has 0 aliphatic rings. The van der Waals surface area contributed by atoms with Crippen molar-refractivity contribution in [3.05, 3.63) is 21.3 Å². The monoisotopic (exact) mass is 192 g/mol. The summed E-state index contributed by atoms with van der Waals surface area (Å²) in [7, 11) is 0. The molecule has 2 N–H and O–H groups in total. The highest BCUT2D eigenvalue weighted by molar-refractivity contribution is 7.10. The van der Waals surface area contributed by atoms with Crippen LogP contribution in [-0.2, 0) is 4.79 Å². The second kappa shape index (κ2) is 3.21. The molecule has 0 aromatic carbocycles. The quantitative estimate of drug-likeness (QED) is 0.747. The number of aliphatic carboxylic acids is 1. The van der Waals surface area contributed by atoms with Crippen LogP contribution in [0.25, 0.3) is 0 Å². The summed E-state index contributed by atoms with van der Waals surface area (Å²) in [5, 5.41) is 19.3. The third-order valence-electron chi connectivity index (χ3n) is 1.09. The molecule has 3 nitrogen and oxygen atoms in total. The largest absolute Gasteiger partial charge is 0.479 e. The Morgan fingerprint density at radius 3 is 2.73 bits per heavy atom. The smallest absolute Gasteiger partial charge is 0.338 e. The topological polar surface area (TPSA) is 57.5 Å². The molecule has 0 aliphatic carbocycles. The molecular weight excluding hydrogens is 188 g/mol. The van der Waals surface area contributed by atoms with E-state index < -0.39 is 12.1 Å². The normalized spacial score (nSPS) is 12.9. The van der Waals surface area contributed by atoms with Gasteiger partial charge in [-0.2, -0.15) is 0 Å². The molecule has 0 amide bonds. The van der Waals surface area contributed by atoms with E-state index in [1.807, 2.05) is 0 Å². The summed E-state index contributed by atoms with van der Waals surface area (Å²) in [5.41, 5.74) is 0. The maximum atomic E-state index is 10.2. The summed E-state index contributed by atoms with van der Waals surface area (Å²) < 4.78 is 0. The van der Waals surface area contributed by atoms with Crippen LogP contribution in [0.4, 0.5) is 0 Å². The van der Waals surface area contributed by atoms with Gasteiger partial charge in [-0.1, -0.05) is 11.6 Å². The Balaban J connectivity index is 2.84. The first kappa shape index (κ1) is 8.52. The molecule has 0 aliphatic heterocycles. The minimum Gasteiger partial charge on any atom is -0.479 e. The molecule has 1 rings (SSSR count). The molecular formula is C6H5ClO3S. The van der Waals surface area contributed by atoms with Crippen LogP contribution in [0.2, 0.25) is 5.02 Å². The van der Waals surface area contributed by atoms with E-state index in [1.54, 1.807) is 5.38 Å². The molecule has 5 heteroatoms. The van der Waals surface area contributed by atoms with Gasteiger partial charge in [-0.15, -0.1) is 11.3 Å². The third-order valence-corrected chi connectivity index (χ3v) is 2.42. The Kier molecular flexibility index (Phi) is 2.49. The van der Waals surface area contributed by atoms with Crippen molar-refractivity contribution in [1.82, 2.24) is 0 Å². The van der Waals surface area contributed by atoms with Gasteiger partial charge < -0.3 is 10.2 Å². The van der Waals surface area contributed by atoms with Crippen LogP contribution in [0.15, 0.2) is 11.4 Å². The summed E-state index contributed by atoms with van der Waals surface area (Å²) in [6.45, 7) is 0. The Morgan fingerprint density at radius 2 is 2.36 bits per heavy atom. The zero-order valence-corrected chi connectivity index (χ0v) is 6.89. The van der Waals surface area contributed by atoms with Crippen molar-refractivity contribution in [2.45, 2.75) is 6.10 Å². The van der Waals surface area contributed by atoms with E-state index in [9.17, 15) is 4.79 Å². The Hall–Kier alpha value is -0.580. The lowest BCUT2D eigenvalue weighted by atomic mass is 10.3. The van der Waals surface area contributed by atoms with Crippen molar-refractivity contribution in [2.75, 3.05) is 0 Å². The lowest BCUT2D eigenvalue weighted by molar-refractivity contribution is -0.146. The Morgan fingerprint density at radius 1 is 1.73 bits per heavy atom. The predicted octanol–water partition coefficient (Wildman–Crippen LogP) is 1.52. The van der Waals surface area contributed by atoms with E-state index in [0.717, 1.165) is 11.3 Å². The molecule has 0 saturated carbocycles. The molecule has 0 radical (unpaired) electrons. The van der Waals surface area contributed by atoms with Crippen molar-refractivity contribution in [3.8, 4) is 0 Å². The van der Waals surface area contributed by atoms with E-state index in [2.05, 4.69) is 0 Å². The fraction of sp³-hybridized carbons (Fsp3) is 0.167. The number of aliphatic hydroxyl groups is 1. The summed E-state index contributed by atoms with van der Waals surface area (Å²) in [5.74, 6) is -1.26. The van der Waals surface area contributed by atoms with Gasteiger partial charge in [0.2, 0.25) is 0 Å². The highest BCUT2D eigenvalue weighted by atomic mass is 35.5. The van der Waals surface area contributed by atoms with Crippen LogP contribution in [0, 0.1) is 0 Å². The van der Waals surface area contributed by atoms with E-state index >= 15 is 0 Å². The molecule has 1 aromatic rings. The third kappa shape index (κ3) is 1.92. The molecule has 1 atom stereocenters. The van der Waals surface area contributed by atoms with Gasteiger partial charge in [0.15, 0.2) is 6.10 Å². The maximum absolute atomic E-state index is 10.2. The van der Waals surface area contributed by atoms with E-state index in [0.29, 0.717) is 9.90 Å². The van der Waals surface area contributed by atoms with Gasteiger partial charge in [-0.25, -0.2) is 4.79 Å². The minimum atomic E-state index is -1.45. The average Bonchev–Trinajstić information content (AvgIpc) is 2.34. The molecule has 0 spiro atoms. The number of rotatable bonds is 2. The minimum absolute atomic E-state index is 0.350. The van der Waals surface area contributed by atoms with E-state index in [1.165, 1.54) is 6.07 Å². The number of carbonyl (C=O) groups is 1. The second-order valence-corrected chi connectivity index (χ2v) is 3.29. The van der Waals surface area contributed by atoms with Crippen molar-refractivity contribution in [2.24, 2.45) is 0 Å². The maximum Gasteiger partial charge on any atom is 0.338 e. The first-order valence-electron chi connectivity index (χ1n) is 2.76. The summed E-state index contributed by atoms with van der Waals surface area (Å²) >= 11 is 6.64. The first-order chi connectivity index (χ1) is 5.11. The van der Waals surface area contributed by atoms with Gasteiger partial charge >= 0.3 is 5.97 Å². The number of hydrogen-bond acceptors (Lipinski definition) is 3. The molecule has 1 unspecified atom stereocenters. The van der Waals surface area contributed by atoms with Crippen molar-refractivity contribution >= 4 is 28.9 Å². The van der Waals surface area contributed by atoms with Crippen molar-refractivity contribution < 1.29 is 15.0 Å². The molecule has 1 heterocycles. The second-order valence-electron chi connectivity index (χ2n) is 1.91. The van der Waals surface area contributed by atoms with Gasteiger partial charge in [-0.3, -0.25) is 0 Å². The summed E-state index contributed by atoms with van der Waals surface area (Å²) in [6.07, 6.45) is -1.45. The summed E-state index contributed by atoms with van der Waals surface area (Å²) in [4.78, 5) is 10.6. The number of thiophene rings is 1. The molecule has 60 valence electrons. The zero-order valence-electron chi connectivity index (χ0n) is 5.32. The number of halogens is 1. The van der Waals surface area contributed by atoms with Gasteiger partial charge in [-0.05, 0) is 6.07 Å². The fourth-order valence-corrected chi connectivity index (χ4v) is 1.65. The lowest BCUT2D eigenvalue weighted by Gasteiger charge is -1.99. The lowest BCUT2D eigenvalue weighted by Crippen LogP contribution is -2.08. The number of carboxylic acid groups (broad SMARTS) is 1. The van der Waals surface area contributed by atoms with E-state index in [-0.39, 0.29) is 0 Å². The molecule has 0 bridgehead atoms. The van der Waals surface area contributed by atoms with Gasteiger partial charge in [0.1, 0.15) is 0 Å². The molecule has 1 aromatic heterocycles. The van der Waals surface area contributed by atoms with Crippen LogP contribution in [0.5, 0.6) is 0 Å². The van der Waals surface area contributed by atoms with Crippen molar-refractivity contribution in [1.29, 1.82) is 0 Å². The molecule has 0 fully saturated rings. The van der Waals surface area contributed by atoms with Crippen molar-refractivity contribution in [3.63, 3.8) is 0 Å². The van der Waals surface area contributed by atoms with Gasteiger partial charge in [0.05, 0.1) is 5.02 Å². The van der Waals surface area contributed by atoms with Crippen LogP contribution in [-0.4, -0.2) is 16.2 Å². The SMILES string of the molecule is O=C(O)C(O)c1cc(Cl)cs1.